The summed E-state index contributed by atoms with van der Waals surface area (Å²) in [7, 11) is 3.01. The zero-order valence-electron chi connectivity index (χ0n) is 8.56. The first-order valence-electron chi connectivity index (χ1n) is 4.41. The summed E-state index contributed by atoms with van der Waals surface area (Å²) in [4.78, 5) is 21.8. The van der Waals surface area contributed by atoms with E-state index in [9.17, 15) is 9.70 Å². The maximum atomic E-state index is 11.3. The van der Waals surface area contributed by atoms with Crippen molar-refractivity contribution < 1.29 is 9.53 Å². The molecule has 1 N–H and O–H groups in total. The zero-order chi connectivity index (χ0) is 11.3. The lowest BCUT2D eigenvalue weighted by atomic mass is 10.1. The molecule has 0 heterocycles. The maximum Gasteiger partial charge on any atom is 0.252 e. The number of benzene rings is 1. The maximum absolute atomic E-state index is 11.3. The third-order valence-electron chi connectivity index (χ3n) is 2.03. The fraction of sp³-hybridized carbons (Fsp3) is 0.300. The van der Waals surface area contributed by atoms with Crippen molar-refractivity contribution in [2.24, 2.45) is 5.18 Å². The van der Waals surface area contributed by atoms with Crippen LogP contribution in [-0.4, -0.2) is 20.1 Å². The number of hydrogen-bond acceptors (Lipinski definition) is 4. The van der Waals surface area contributed by atoms with Crippen molar-refractivity contribution in [3.05, 3.63) is 34.7 Å². The highest BCUT2D eigenvalue weighted by Gasteiger charge is 2.19. The first-order chi connectivity index (χ1) is 7.22. The highest BCUT2D eigenvalue weighted by molar-refractivity contribution is 5.83. The van der Waals surface area contributed by atoms with Crippen LogP contribution in [0.1, 0.15) is 11.6 Å². The van der Waals surface area contributed by atoms with E-state index in [4.69, 9.17) is 4.74 Å². The van der Waals surface area contributed by atoms with Gasteiger partial charge in [-0.3, -0.25) is 4.79 Å². The molecular weight excluding hydrogens is 196 g/mol. The number of carbonyl (C=O) groups excluding carboxylic acids is 1. The van der Waals surface area contributed by atoms with Gasteiger partial charge in [-0.1, -0.05) is 17.3 Å². The molecule has 0 fully saturated rings. The zero-order valence-corrected chi connectivity index (χ0v) is 8.56. The first-order valence-corrected chi connectivity index (χ1v) is 4.41. The average Bonchev–Trinajstić information content (AvgIpc) is 2.30. The van der Waals surface area contributed by atoms with Gasteiger partial charge < -0.3 is 10.1 Å². The van der Waals surface area contributed by atoms with Crippen LogP contribution < -0.4 is 10.1 Å². The highest BCUT2D eigenvalue weighted by Crippen LogP contribution is 2.20. The average molecular weight is 208 g/mol. The van der Waals surface area contributed by atoms with Gasteiger partial charge in [-0.25, -0.2) is 0 Å². The van der Waals surface area contributed by atoms with Crippen molar-refractivity contribution >= 4 is 5.91 Å². The normalized spacial score (nSPS) is 11.6. The molecule has 1 atom stereocenters. The lowest BCUT2D eigenvalue weighted by Gasteiger charge is -2.08. The van der Waals surface area contributed by atoms with Gasteiger partial charge in [0, 0.05) is 7.05 Å². The molecule has 1 aromatic rings. The molecule has 15 heavy (non-hydrogen) atoms. The summed E-state index contributed by atoms with van der Waals surface area (Å²) in [5.74, 6) is 0.246. The summed E-state index contributed by atoms with van der Waals surface area (Å²) in [5, 5.41) is 5.16. The van der Waals surface area contributed by atoms with Gasteiger partial charge in [0.15, 0.2) is 6.04 Å². The van der Waals surface area contributed by atoms with E-state index >= 15 is 0 Å². The van der Waals surface area contributed by atoms with Gasteiger partial charge in [0.2, 0.25) is 0 Å². The summed E-state index contributed by atoms with van der Waals surface area (Å²) in [6.07, 6.45) is 0. The lowest BCUT2D eigenvalue weighted by molar-refractivity contribution is -0.121. The Kier molecular flexibility index (Phi) is 3.79. The molecule has 0 saturated heterocycles. The van der Waals surface area contributed by atoms with Gasteiger partial charge in [0.1, 0.15) is 5.75 Å². The summed E-state index contributed by atoms with van der Waals surface area (Å²) in [5.41, 5.74) is 0.546. The second-order valence-corrected chi connectivity index (χ2v) is 2.90. The molecule has 1 aromatic carbocycles. The number of nitrogens with one attached hydrogen (secondary N) is 1. The lowest BCUT2D eigenvalue weighted by Crippen LogP contribution is -2.24. The summed E-state index contributed by atoms with van der Waals surface area (Å²) in [6.45, 7) is 0. The topological polar surface area (TPSA) is 67.8 Å². The van der Waals surface area contributed by atoms with Crippen LogP contribution in [0.25, 0.3) is 0 Å². The number of amides is 1. The van der Waals surface area contributed by atoms with Crippen molar-refractivity contribution in [2.45, 2.75) is 6.04 Å². The Morgan fingerprint density at radius 3 is 2.40 bits per heavy atom. The predicted octanol–water partition coefficient (Wildman–Crippen LogP) is 1.25. The fourth-order valence-electron chi connectivity index (χ4n) is 1.18. The standard InChI is InChI=1S/C10H12N2O3/c1-11-10(13)9(12-14)7-3-5-8(15-2)6-4-7/h3-6,9H,1-2H3,(H,11,13). The van der Waals surface area contributed by atoms with Gasteiger partial charge in [0.05, 0.1) is 7.11 Å². The van der Waals surface area contributed by atoms with E-state index in [1.165, 1.54) is 7.05 Å². The van der Waals surface area contributed by atoms with Gasteiger partial charge in [-0.05, 0) is 17.7 Å². The molecule has 0 aliphatic heterocycles. The molecule has 1 unspecified atom stereocenters. The predicted molar refractivity (Wildman–Crippen MR) is 55.6 cm³/mol. The molecule has 0 saturated carbocycles. The van der Waals surface area contributed by atoms with Crippen LogP contribution in [0.15, 0.2) is 29.4 Å². The Balaban J connectivity index is 2.92. The van der Waals surface area contributed by atoms with Gasteiger partial charge >= 0.3 is 0 Å². The second-order valence-electron chi connectivity index (χ2n) is 2.90. The molecule has 0 bridgehead atoms. The van der Waals surface area contributed by atoms with E-state index in [2.05, 4.69) is 10.5 Å². The van der Waals surface area contributed by atoms with Crippen LogP contribution in [0.2, 0.25) is 0 Å². The Morgan fingerprint density at radius 1 is 1.40 bits per heavy atom. The largest absolute Gasteiger partial charge is 0.497 e. The molecule has 5 heteroatoms. The molecule has 0 aliphatic rings. The van der Waals surface area contributed by atoms with Crippen molar-refractivity contribution in [1.29, 1.82) is 0 Å². The molecule has 1 rings (SSSR count). The van der Waals surface area contributed by atoms with Crippen LogP contribution in [0.5, 0.6) is 5.75 Å². The van der Waals surface area contributed by atoms with Crippen molar-refractivity contribution in [1.82, 2.24) is 5.32 Å². The first kappa shape index (κ1) is 11.2. The number of nitroso groups, excluding NO2 is 1. The Morgan fingerprint density at radius 2 is 2.00 bits per heavy atom. The van der Waals surface area contributed by atoms with E-state index in [-0.39, 0.29) is 0 Å². The van der Waals surface area contributed by atoms with Crippen molar-refractivity contribution in [3.8, 4) is 5.75 Å². The van der Waals surface area contributed by atoms with Crippen LogP contribution in [0.3, 0.4) is 0 Å². The molecule has 1 amide bonds. The number of ether oxygens (including phenoxy) is 1. The molecule has 0 aliphatic carbocycles. The monoisotopic (exact) mass is 208 g/mol. The summed E-state index contributed by atoms with van der Waals surface area (Å²) < 4.78 is 4.96. The van der Waals surface area contributed by atoms with Crippen molar-refractivity contribution in [3.63, 3.8) is 0 Å². The number of rotatable bonds is 4. The van der Waals surface area contributed by atoms with Crippen LogP contribution in [0, 0.1) is 4.91 Å². The highest BCUT2D eigenvalue weighted by atomic mass is 16.5. The van der Waals surface area contributed by atoms with Gasteiger partial charge in [-0.2, -0.15) is 0 Å². The summed E-state index contributed by atoms with van der Waals surface area (Å²) >= 11 is 0. The molecule has 0 radical (unpaired) electrons. The van der Waals surface area contributed by atoms with E-state index in [0.717, 1.165) is 0 Å². The Labute approximate surface area is 87.4 Å². The number of likely N-dealkylation sites (N-methyl/N-ethyl adjacent to an activating group) is 1. The second kappa shape index (κ2) is 5.09. The van der Waals surface area contributed by atoms with E-state index in [0.29, 0.717) is 11.3 Å². The number of methoxy groups -OCH3 is 1. The van der Waals surface area contributed by atoms with Crippen molar-refractivity contribution in [2.75, 3.05) is 14.2 Å². The molecule has 5 nitrogen and oxygen atoms in total. The van der Waals surface area contributed by atoms with Gasteiger partial charge in [-0.15, -0.1) is 4.91 Å². The Bertz CT molecular complexity index is 348. The van der Waals surface area contributed by atoms with Crippen LogP contribution >= 0.6 is 0 Å². The fourth-order valence-corrected chi connectivity index (χ4v) is 1.18. The minimum atomic E-state index is -0.999. The third-order valence-corrected chi connectivity index (χ3v) is 2.03. The van der Waals surface area contributed by atoms with Crippen LogP contribution in [-0.2, 0) is 4.79 Å². The molecule has 80 valence electrons. The van der Waals surface area contributed by atoms with Gasteiger partial charge in [0.25, 0.3) is 5.91 Å². The summed E-state index contributed by atoms with van der Waals surface area (Å²) in [6, 6.07) is 5.63. The van der Waals surface area contributed by atoms with E-state index in [1.807, 2.05) is 0 Å². The number of nitrogens with zero attached hydrogens (tertiary/aromatic N) is 1. The smallest absolute Gasteiger partial charge is 0.252 e. The third kappa shape index (κ3) is 2.52. The number of carbonyl (C=O) groups is 1. The quantitative estimate of drug-likeness (QED) is 0.757. The SMILES string of the molecule is CNC(=O)C(N=O)c1ccc(OC)cc1. The van der Waals surface area contributed by atoms with Crippen LogP contribution in [0.4, 0.5) is 0 Å². The molecule has 0 spiro atoms. The number of hydrogen-bond donors (Lipinski definition) is 1. The Hall–Kier alpha value is -1.91. The molecular formula is C10H12N2O3. The molecule has 0 aromatic heterocycles. The van der Waals surface area contributed by atoms with E-state index < -0.39 is 11.9 Å². The minimum Gasteiger partial charge on any atom is -0.497 e. The minimum absolute atomic E-state index is 0.421. The van der Waals surface area contributed by atoms with E-state index in [1.54, 1.807) is 31.4 Å².